The van der Waals surface area contributed by atoms with Crippen LogP contribution in [0, 0.1) is 5.92 Å². The average Bonchev–Trinajstić information content (AvgIpc) is 2.46. The lowest BCUT2D eigenvalue weighted by molar-refractivity contribution is 0.0690. The van der Waals surface area contributed by atoms with Crippen molar-refractivity contribution in [2.75, 3.05) is 26.7 Å². The van der Waals surface area contributed by atoms with Crippen LogP contribution in [-0.2, 0) is 0 Å². The number of ether oxygens (including phenoxy) is 1. The first-order valence-corrected chi connectivity index (χ1v) is 6.23. The molecular weight excluding hydrogens is 230 g/mol. The molecule has 1 amide bonds. The van der Waals surface area contributed by atoms with Crippen LogP contribution in [-0.4, -0.2) is 42.5 Å². The highest BCUT2D eigenvalue weighted by atomic mass is 16.5. The largest absolute Gasteiger partial charge is 0.494 e. The standard InChI is InChI=1S/C13H19N3O2/c1-18-12-9-15-5-2-11(12)13(17)16-6-3-10(8-14)4-7-16/h2,5,9-10H,3-4,6-8,14H2,1H3. The van der Waals surface area contributed by atoms with Crippen molar-refractivity contribution in [1.82, 2.24) is 9.88 Å². The van der Waals surface area contributed by atoms with Crippen molar-refractivity contribution in [3.05, 3.63) is 24.0 Å². The molecule has 0 atom stereocenters. The molecule has 0 unspecified atom stereocenters. The van der Waals surface area contributed by atoms with E-state index in [4.69, 9.17) is 10.5 Å². The van der Waals surface area contributed by atoms with E-state index in [-0.39, 0.29) is 5.91 Å². The quantitative estimate of drug-likeness (QED) is 0.864. The molecule has 0 aliphatic carbocycles. The second-order valence-electron chi connectivity index (χ2n) is 4.55. The fraction of sp³-hybridized carbons (Fsp3) is 0.538. The topological polar surface area (TPSA) is 68.5 Å². The Morgan fingerprint density at radius 2 is 2.28 bits per heavy atom. The molecule has 1 aromatic heterocycles. The smallest absolute Gasteiger partial charge is 0.257 e. The summed E-state index contributed by atoms with van der Waals surface area (Å²) in [7, 11) is 1.55. The Morgan fingerprint density at radius 1 is 1.56 bits per heavy atom. The third-order valence-corrected chi connectivity index (χ3v) is 3.47. The fourth-order valence-electron chi connectivity index (χ4n) is 2.26. The molecule has 5 nitrogen and oxygen atoms in total. The molecule has 2 rings (SSSR count). The number of amides is 1. The van der Waals surface area contributed by atoms with E-state index in [2.05, 4.69) is 4.98 Å². The zero-order valence-electron chi connectivity index (χ0n) is 10.6. The monoisotopic (exact) mass is 249 g/mol. The Hall–Kier alpha value is -1.62. The number of methoxy groups -OCH3 is 1. The highest BCUT2D eigenvalue weighted by molar-refractivity contribution is 5.96. The second-order valence-corrected chi connectivity index (χ2v) is 4.55. The number of likely N-dealkylation sites (tertiary alicyclic amines) is 1. The van der Waals surface area contributed by atoms with Gasteiger partial charge in [0.2, 0.25) is 0 Å². The summed E-state index contributed by atoms with van der Waals surface area (Å²) in [6.07, 6.45) is 5.15. The maximum absolute atomic E-state index is 12.4. The number of nitrogens with two attached hydrogens (primary N) is 1. The van der Waals surface area contributed by atoms with E-state index in [1.54, 1.807) is 25.6 Å². The van der Waals surface area contributed by atoms with Gasteiger partial charge in [-0.05, 0) is 31.4 Å². The van der Waals surface area contributed by atoms with E-state index in [0.29, 0.717) is 23.8 Å². The lowest BCUT2D eigenvalue weighted by Gasteiger charge is -2.31. The Kier molecular flexibility index (Phi) is 4.15. The van der Waals surface area contributed by atoms with Crippen molar-refractivity contribution in [1.29, 1.82) is 0 Å². The van der Waals surface area contributed by atoms with Gasteiger partial charge in [0.05, 0.1) is 18.9 Å². The molecule has 0 spiro atoms. The van der Waals surface area contributed by atoms with Gasteiger partial charge in [-0.25, -0.2) is 0 Å². The van der Waals surface area contributed by atoms with Crippen molar-refractivity contribution in [2.24, 2.45) is 11.7 Å². The molecule has 2 heterocycles. The Bertz CT molecular complexity index is 414. The van der Waals surface area contributed by atoms with Crippen molar-refractivity contribution in [2.45, 2.75) is 12.8 Å². The molecule has 1 aliphatic heterocycles. The van der Waals surface area contributed by atoms with Gasteiger partial charge in [0, 0.05) is 19.3 Å². The van der Waals surface area contributed by atoms with Crippen LogP contribution in [0.3, 0.4) is 0 Å². The minimum atomic E-state index is 0.0183. The zero-order valence-corrected chi connectivity index (χ0v) is 10.6. The summed E-state index contributed by atoms with van der Waals surface area (Å²) in [6.45, 7) is 2.25. The summed E-state index contributed by atoms with van der Waals surface area (Å²) in [5.41, 5.74) is 6.23. The van der Waals surface area contributed by atoms with Gasteiger partial charge >= 0.3 is 0 Å². The fourth-order valence-corrected chi connectivity index (χ4v) is 2.26. The van der Waals surface area contributed by atoms with Gasteiger partial charge < -0.3 is 15.4 Å². The number of hydrogen-bond acceptors (Lipinski definition) is 4. The third kappa shape index (κ3) is 2.61. The maximum atomic E-state index is 12.4. The van der Waals surface area contributed by atoms with Gasteiger partial charge in [-0.1, -0.05) is 0 Å². The summed E-state index contributed by atoms with van der Waals surface area (Å²) in [5.74, 6) is 1.10. The Morgan fingerprint density at radius 3 is 2.89 bits per heavy atom. The predicted octanol–water partition coefficient (Wildman–Crippen LogP) is 0.901. The molecule has 0 aromatic carbocycles. The van der Waals surface area contributed by atoms with E-state index >= 15 is 0 Å². The lowest BCUT2D eigenvalue weighted by atomic mass is 9.96. The van der Waals surface area contributed by atoms with Gasteiger partial charge in [-0.2, -0.15) is 0 Å². The van der Waals surface area contributed by atoms with Gasteiger partial charge in [-0.3, -0.25) is 9.78 Å². The van der Waals surface area contributed by atoms with Crippen molar-refractivity contribution in [3.63, 3.8) is 0 Å². The van der Waals surface area contributed by atoms with Crippen LogP contribution in [0.2, 0.25) is 0 Å². The van der Waals surface area contributed by atoms with Crippen LogP contribution in [0.4, 0.5) is 0 Å². The van der Waals surface area contributed by atoms with Crippen LogP contribution in [0.5, 0.6) is 5.75 Å². The Balaban J connectivity index is 2.08. The lowest BCUT2D eigenvalue weighted by Crippen LogP contribution is -2.40. The van der Waals surface area contributed by atoms with E-state index in [9.17, 15) is 4.79 Å². The molecular formula is C13H19N3O2. The normalized spacial score (nSPS) is 16.7. The molecule has 0 radical (unpaired) electrons. The van der Waals surface area contributed by atoms with Crippen molar-refractivity contribution in [3.8, 4) is 5.75 Å². The summed E-state index contributed by atoms with van der Waals surface area (Å²) in [4.78, 5) is 18.2. The van der Waals surface area contributed by atoms with Crippen LogP contribution in [0.1, 0.15) is 23.2 Å². The minimum Gasteiger partial charge on any atom is -0.494 e. The van der Waals surface area contributed by atoms with Gasteiger partial charge in [0.1, 0.15) is 5.75 Å². The SMILES string of the molecule is COc1cnccc1C(=O)N1CCC(CN)CC1. The van der Waals surface area contributed by atoms with Gasteiger partial charge in [0.15, 0.2) is 0 Å². The van der Waals surface area contributed by atoms with Crippen LogP contribution >= 0.6 is 0 Å². The summed E-state index contributed by atoms with van der Waals surface area (Å²) in [6, 6.07) is 1.70. The number of hydrogen-bond donors (Lipinski definition) is 1. The molecule has 5 heteroatoms. The number of aromatic nitrogens is 1. The molecule has 98 valence electrons. The van der Waals surface area contributed by atoms with Crippen LogP contribution < -0.4 is 10.5 Å². The van der Waals surface area contributed by atoms with Crippen molar-refractivity contribution >= 4 is 5.91 Å². The van der Waals surface area contributed by atoms with Gasteiger partial charge in [0.25, 0.3) is 5.91 Å². The number of pyridine rings is 1. The first-order valence-electron chi connectivity index (χ1n) is 6.23. The minimum absolute atomic E-state index is 0.0183. The number of rotatable bonds is 3. The van der Waals surface area contributed by atoms with Crippen molar-refractivity contribution < 1.29 is 9.53 Å². The summed E-state index contributed by atoms with van der Waals surface area (Å²) >= 11 is 0. The number of piperidine rings is 1. The van der Waals surface area contributed by atoms with Gasteiger partial charge in [-0.15, -0.1) is 0 Å². The van der Waals surface area contributed by atoms with E-state index in [1.165, 1.54) is 0 Å². The molecule has 1 saturated heterocycles. The molecule has 1 aromatic rings. The third-order valence-electron chi connectivity index (χ3n) is 3.47. The van der Waals surface area contributed by atoms with E-state index < -0.39 is 0 Å². The van der Waals surface area contributed by atoms with E-state index in [1.807, 2.05) is 4.90 Å². The molecule has 2 N–H and O–H groups in total. The first kappa shape index (κ1) is 12.8. The molecule has 0 saturated carbocycles. The Labute approximate surface area is 107 Å². The maximum Gasteiger partial charge on any atom is 0.257 e. The highest BCUT2D eigenvalue weighted by Crippen LogP contribution is 2.22. The number of carbonyl (C=O) groups is 1. The average molecular weight is 249 g/mol. The summed E-state index contributed by atoms with van der Waals surface area (Å²) in [5, 5.41) is 0. The molecule has 1 fully saturated rings. The number of carbonyl (C=O) groups excluding carboxylic acids is 1. The molecule has 1 aliphatic rings. The summed E-state index contributed by atoms with van der Waals surface area (Å²) < 4.78 is 5.17. The van der Waals surface area contributed by atoms with Crippen LogP contribution in [0.25, 0.3) is 0 Å². The predicted molar refractivity (Wildman–Crippen MR) is 68.5 cm³/mol. The second kappa shape index (κ2) is 5.82. The van der Waals surface area contributed by atoms with E-state index in [0.717, 1.165) is 25.9 Å². The number of nitrogens with zero attached hydrogens (tertiary/aromatic N) is 2. The zero-order chi connectivity index (χ0) is 13.0. The highest BCUT2D eigenvalue weighted by Gasteiger charge is 2.24. The molecule has 18 heavy (non-hydrogen) atoms. The first-order chi connectivity index (χ1) is 8.76. The van der Waals surface area contributed by atoms with Crippen LogP contribution in [0.15, 0.2) is 18.5 Å². The molecule has 0 bridgehead atoms.